The predicted molar refractivity (Wildman–Crippen MR) is 170 cm³/mol. The van der Waals surface area contributed by atoms with E-state index in [0.717, 1.165) is 10.3 Å². The number of carbonyl (C=O) groups is 5. The van der Waals surface area contributed by atoms with E-state index in [1.54, 1.807) is 45.0 Å². The van der Waals surface area contributed by atoms with E-state index in [-0.39, 0.29) is 31.5 Å². The maximum Gasteiger partial charge on any atom is 0.407 e. The van der Waals surface area contributed by atoms with Crippen molar-refractivity contribution in [2.24, 2.45) is 5.92 Å². The van der Waals surface area contributed by atoms with Gasteiger partial charge in [0.2, 0.25) is 17.4 Å². The number of aromatic nitrogens is 1. The number of aliphatic hydroxyl groups excluding tert-OH is 1. The molecule has 2 fully saturated rings. The number of hydrazine groups is 1. The molecule has 1 aromatic carbocycles. The summed E-state index contributed by atoms with van der Waals surface area (Å²) in [5.74, 6) is -3.00. The number of morpholine rings is 1. The first-order valence-corrected chi connectivity index (χ1v) is 15.5. The molecule has 1 aromatic heterocycles. The Morgan fingerprint density at radius 3 is 2.47 bits per heavy atom. The number of benzene rings is 1. The van der Waals surface area contributed by atoms with Crippen LogP contribution in [0.3, 0.4) is 0 Å². The number of carboxylic acid groups (broad SMARTS) is 2. The van der Waals surface area contributed by atoms with E-state index >= 15 is 0 Å². The quantitative estimate of drug-likeness (QED) is 0.215. The molecule has 2 aliphatic heterocycles. The van der Waals surface area contributed by atoms with Gasteiger partial charge in [0.1, 0.15) is 18.2 Å². The van der Waals surface area contributed by atoms with Crippen LogP contribution in [0.15, 0.2) is 36.4 Å². The monoisotopic (exact) mass is 654 g/mol. The Bertz CT molecular complexity index is 1550. The lowest BCUT2D eigenvalue weighted by molar-refractivity contribution is -0.166. The van der Waals surface area contributed by atoms with Crippen molar-refractivity contribution < 1.29 is 44.0 Å². The summed E-state index contributed by atoms with van der Waals surface area (Å²) in [5.41, 5.74) is 2.92. The molecule has 2 aromatic rings. The van der Waals surface area contributed by atoms with Gasteiger partial charge >= 0.3 is 12.1 Å². The highest BCUT2D eigenvalue weighted by atomic mass is 16.5. The van der Waals surface area contributed by atoms with Crippen molar-refractivity contribution in [3.05, 3.63) is 47.7 Å². The molecule has 0 aliphatic carbocycles. The van der Waals surface area contributed by atoms with Gasteiger partial charge in [-0.1, -0.05) is 38.1 Å². The largest absolute Gasteiger partial charge is 0.479 e. The van der Waals surface area contributed by atoms with E-state index in [9.17, 15) is 39.3 Å². The number of aliphatic carboxylic acids is 1. The number of hydrogen-bond acceptors (Lipinski definition) is 9. The molecule has 2 saturated heterocycles. The molecule has 5 atom stereocenters. The van der Waals surface area contributed by atoms with Crippen LogP contribution in [0.4, 0.5) is 4.79 Å². The zero-order valence-electron chi connectivity index (χ0n) is 26.8. The molecule has 15 heteroatoms. The van der Waals surface area contributed by atoms with Crippen LogP contribution >= 0.6 is 0 Å². The van der Waals surface area contributed by atoms with Gasteiger partial charge in [0, 0.05) is 18.5 Å². The van der Waals surface area contributed by atoms with Gasteiger partial charge in [0.15, 0.2) is 0 Å². The van der Waals surface area contributed by atoms with E-state index in [0.29, 0.717) is 36.2 Å². The van der Waals surface area contributed by atoms with Crippen molar-refractivity contribution >= 4 is 46.8 Å². The van der Waals surface area contributed by atoms with Crippen LogP contribution in [0.2, 0.25) is 0 Å². The average molecular weight is 655 g/mol. The molecule has 3 heterocycles. The molecule has 0 spiro atoms. The maximum atomic E-state index is 13.2. The van der Waals surface area contributed by atoms with Crippen LogP contribution in [-0.2, 0) is 23.9 Å². The number of rotatable bonds is 10. The second-order valence-electron chi connectivity index (χ2n) is 12.2. The van der Waals surface area contributed by atoms with Crippen LogP contribution in [-0.4, -0.2) is 110 Å². The van der Waals surface area contributed by atoms with Gasteiger partial charge in [-0.15, -0.1) is 0 Å². The molecule has 4 rings (SSSR count). The van der Waals surface area contributed by atoms with E-state index in [1.165, 1.54) is 18.0 Å². The Morgan fingerprint density at radius 1 is 1.06 bits per heavy atom. The second kappa shape index (κ2) is 14.9. The fraction of sp³-hybridized carbons (Fsp3) is 0.500. The summed E-state index contributed by atoms with van der Waals surface area (Å²) in [4.78, 5) is 67.6. The van der Waals surface area contributed by atoms with E-state index < -0.39 is 53.7 Å². The number of amides is 4. The Balaban J connectivity index is 1.41. The molecule has 0 radical (unpaired) electrons. The number of hydrogen-bond donors (Lipinski definition) is 6. The van der Waals surface area contributed by atoms with Crippen molar-refractivity contribution in [2.45, 2.75) is 70.4 Å². The third kappa shape index (κ3) is 8.41. The summed E-state index contributed by atoms with van der Waals surface area (Å²) >= 11 is 0. The van der Waals surface area contributed by atoms with Gasteiger partial charge in [-0.25, -0.2) is 15.0 Å². The molecule has 4 amide bonds. The standard InChI is InChI=1S/C32H42N6O9/c1-18(2)26(39)28(41)34-20(4)29(42)38-13-5-6-24(36-38)27(40)33-19(3)23-10-9-22-8-7-21(16-25(22)35-23)11-12-32(30(43)44)17-37(31(45)46)14-15-47-32/h7-12,16,18-20,24,26,36,39H,5-6,13-15,17H2,1-4H3,(H,33,40)(H,34,41)(H,43,44)(H,45,46)/b12-11+/t19-,20+,24+,26+,32?/m1/s1. The van der Waals surface area contributed by atoms with Gasteiger partial charge in [0.05, 0.1) is 30.4 Å². The first kappa shape index (κ1) is 35.3. The number of fused-ring (bicyclic) bond motifs is 1. The number of carbonyl (C=O) groups excluding carboxylic acids is 3. The minimum Gasteiger partial charge on any atom is -0.479 e. The average Bonchev–Trinajstić information content (AvgIpc) is 3.06. The fourth-order valence-electron chi connectivity index (χ4n) is 5.36. The third-order valence-corrected chi connectivity index (χ3v) is 8.26. The summed E-state index contributed by atoms with van der Waals surface area (Å²) < 4.78 is 5.52. The lowest BCUT2D eigenvalue weighted by Gasteiger charge is -2.36. The molecule has 15 nitrogen and oxygen atoms in total. The van der Waals surface area contributed by atoms with Crippen LogP contribution in [0, 0.1) is 5.92 Å². The summed E-state index contributed by atoms with van der Waals surface area (Å²) in [6.45, 7) is 6.72. The summed E-state index contributed by atoms with van der Waals surface area (Å²) in [5, 5.41) is 36.8. The molecule has 254 valence electrons. The summed E-state index contributed by atoms with van der Waals surface area (Å²) in [7, 11) is 0. The number of nitrogens with one attached hydrogen (secondary N) is 3. The molecule has 0 bridgehead atoms. The molecular formula is C32H42N6O9. The smallest absolute Gasteiger partial charge is 0.407 e. The van der Waals surface area contributed by atoms with Crippen molar-refractivity contribution in [3.63, 3.8) is 0 Å². The predicted octanol–water partition coefficient (Wildman–Crippen LogP) is 1.28. The first-order chi connectivity index (χ1) is 22.2. The zero-order chi connectivity index (χ0) is 34.5. The van der Waals surface area contributed by atoms with Crippen molar-refractivity contribution in [2.75, 3.05) is 26.2 Å². The number of ether oxygens (including phenoxy) is 1. The van der Waals surface area contributed by atoms with Crippen molar-refractivity contribution in [1.82, 2.24) is 31.0 Å². The van der Waals surface area contributed by atoms with E-state index in [1.807, 2.05) is 12.1 Å². The number of pyridine rings is 1. The lowest BCUT2D eigenvalue weighted by Crippen LogP contribution is -2.61. The molecule has 1 unspecified atom stereocenters. The van der Waals surface area contributed by atoms with Crippen molar-refractivity contribution in [3.8, 4) is 0 Å². The minimum atomic E-state index is -1.82. The van der Waals surface area contributed by atoms with Gasteiger partial charge in [-0.3, -0.25) is 24.4 Å². The summed E-state index contributed by atoms with van der Waals surface area (Å²) in [6, 6.07) is 6.89. The van der Waals surface area contributed by atoms with Crippen LogP contribution in [0.25, 0.3) is 17.0 Å². The van der Waals surface area contributed by atoms with Crippen molar-refractivity contribution in [1.29, 1.82) is 0 Å². The van der Waals surface area contributed by atoms with Gasteiger partial charge < -0.3 is 35.6 Å². The van der Waals surface area contributed by atoms with E-state index in [2.05, 4.69) is 16.1 Å². The second-order valence-corrected chi connectivity index (χ2v) is 12.2. The molecule has 47 heavy (non-hydrogen) atoms. The molecule has 0 saturated carbocycles. The Kier molecular flexibility index (Phi) is 11.2. The number of aliphatic hydroxyl groups is 1. The maximum absolute atomic E-state index is 13.2. The van der Waals surface area contributed by atoms with E-state index in [4.69, 9.17) is 9.72 Å². The van der Waals surface area contributed by atoms with Gasteiger partial charge in [-0.05, 0) is 56.4 Å². The topological polar surface area (TPSA) is 211 Å². The normalized spacial score (nSPS) is 22.1. The van der Waals surface area contributed by atoms with Crippen LogP contribution < -0.4 is 16.1 Å². The zero-order valence-corrected chi connectivity index (χ0v) is 26.8. The molecule has 6 N–H and O–H groups in total. The Labute approximate surface area is 271 Å². The van der Waals surface area contributed by atoms with Crippen LogP contribution in [0.1, 0.15) is 57.8 Å². The fourth-order valence-corrected chi connectivity index (χ4v) is 5.36. The molecular weight excluding hydrogens is 612 g/mol. The number of nitrogens with zero attached hydrogens (tertiary/aromatic N) is 3. The highest BCUT2D eigenvalue weighted by Crippen LogP contribution is 2.24. The summed E-state index contributed by atoms with van der Waals surface area (Å²) in [6.07, 6.45) is 1.49. The van der Waals surface area contributed by atoms with Crippen LogP contribution in [0.5, 0.6) is 0 Å². The highest BCUT2D eigenvalue weighted by Gasteiger charge is 2.43. The van der Waals surface area contributed by atoms with Gasteiger partial charge in [0.25, 0.3) is 5.91 Å². The Hall–Kier alpha value is -4.60. The minimum absolute atomic E-state index is 0.0549. The third-order valence-electron chi connectivity index (χ3n) is 8.26. The Morgan fingerprint density at radius 2 is 1.79 bits per heavy atom. The van der Waals surface area contributed by atoms with Gasteiger partial charge in [-0.2, -0.15) is 0 Å². The lowest BCUT2D eigenvalue weighted by atomic mass is 9.99. The first-order valence-electron chi connectivity index (χ1n) is 15.5. The SMILES string of the molecule is CC(C)[C@H](O)C(=O)N[C@@H](C)C(=O)N1CCC[C@@H](C(=O)N[C@H](C)c2ccc3ccc(/C=C/C4(C(=O)O)CN(C(=O)O)CCO4)cc3n2)N1. The molecule has 2 aliphatic rings. The number of carboxylic acids is 1. The highest BCUT2D eigenvalue weighted by molar-refractivity contribution is 5.90.